The maximum absolute atomic E-state index is 12.6. The van der Waals surface area contributed by atoms with Crippen molar-refractivity contribution in [3.63, 3.8) is 0 Å². The standard InChI is InChI=1S/C17H19N3O4S/c21-17(22)15-8-4-5-9-16(15)18-25(23,24)20-12-10-19(11-13-20)14-6-2-1-3-7-14/h1-9,18H,10-13H2,(H,21,22). The zero-order chi connectivity index (χ0) is 17.9. The van der Waals surface area contributed by atoms with Crippen LogP contribution in [-0.2, 0) is 10.2 Å². The van der Waals surface area contributed by atoms with Crippen molar-refractivity contribution in [3.8, 4) is 0 Å². The first-order valence-electron chi connectivity index (χ1n) is 7.87. The van der Waals surface area contributed by atoms with E-state index < -0.39 is 16.2 Å². The number of aromatic carboxylic acids is 1. The van der Waals surface area contributed by atoms with Crippen LogP contribution in [0.5, 0.6) is 0 Å². The van der Waals surface area contributed by atoms with E-state index in [2.05, 4.69) is 9.62 Å². The second-order valence-electron chi connectivity index (χ2n) is 5.68. The first-order chi connectivity index (χ1) is 12.0. The number of benzene rings is 2. The Morgan fingerprint density at radius 3 is 2.16 bits per heavy atom. The van der Waals surface area contributed by atoms with Gasteiger partial charge in [-0.15, -0.1) is 0 Å². The summed E-state index contributed by atoms with van der Waals surface area (Å²) in [4.78, 5) is 13.4. The van der Waals surface area contributed by atoms with Gasteiger partial charge in [0.25, 0.3) is 0 Å². The van der Waals surface area contributed by atoms with Crippen LogP contribution in [0.15, 0.2) is 54.6 Å². The first kappa shape index (κ1) is 17.2. The number of para-hydroxylation sites is 2. The number of piperazine rings is 1. The molecule has 1 aliphatic heterocycles. The van der Waals surface area contributed by atoms with Crippen LogP contribution in [0.4, 0.5) is 11.4 Å². The Bertz CT molecular complexity index is 847. The molecule has 1 aliphatic rings. The highest BCUT2D eigenvalue weighted by Gasteiger charge is 2.28. The third-order valence-corrected chi connectivity index (χ3v) is 5.62. The Hall–Kier alpha value is -2.58. The summed E-state index contributed by atoms with van der Waals surface area (Å²) >= 11 is 0. The molecule has 0 unspecified atom stereocenters. The topological polar surface area (TPSA) is 89.9 Å². The van der Waals surface area contributed by atoms with Gasteiger partial charge >= 0.3 is 16.2 Å². The highest BCUT2D eigenvalue weighted by molar-refractivity contribution is 7.90. The van der Waals surface area contributed by atoms with E-state index in [0.29, 0.717) is 26.2 Å². The van der Waals surface area contributed by atoms with Crippen LogP contribution in [0.1, 0.15) is 10.4 Å². The molecule has 3 rings (SSSR count). The quantitative estimate of drug-likeness (QED) is 0.848. The van der Waals surface area contributed by atoms with Crippen LogP contribution >= 0.6 is 0 Å². The molecule has 0 aliphatic carbocycles. The molecular weight excluding hydrogens is 342 g/mol. The van der Waals surface area contributed by atoms with Gasteiger partial charge < -0.3 is 10.0 Å². The molecule has 0 aromatic heterocycles. The summed E-state index contributed by atoms with van der Waals surface area (Å²) in [6, 6.07) is 15.8. The molecule has 7 nitrogen and oxygen atoms in total. The summed E-state index contributed by atoms with van der Waals surface area (Å²) in [6.45, 7) is 1.82. The maximum Gasteiger partial charge on any atom is 0.337 e. The predicted octanol–water partition coefficient (Wildman–Crippen LogP) is 1.86. The van der Waals surface area contributed by atoms with Crippen LogP contribution in [0.25, 0.3) is 0 Å². The normalized spacial score (nSPS) is 15.8. The van der Waals surface area contributed by atoms with Crippen LogP contribution in [0, 0.1) is 0 Å². The Morgan fingerprint density at radius 2 is 1.52 bits per heavy atom. The van der Waals surface area contributed by atoms with Crippen molar-refractivity contribution in [2.45, 2.75) is 0 Å². The molecule has 8 heteroatoms. The zero-order valence-electron chi connectivity index (χ0n) is 13.5. The second-order valence-corrected chi connectivity index (χ2v) is 7.35. The molecule has 132 valence electrons. The van der Waals surface area contributed by atoms with Crippen LogP contribution in [0.2, 0.25) is 0 Å². The maximum atomic E-state index is 12.6. The van der Waals surface area contributed by atoms with Gasteiger partial charge in [0.2, 0.25) is 0 Å². The molecule has 0 bridgehead atoms. The van der Waals surface area contributed by atoms with Crippen molar-refractivity contribution in [2.24, 2.45) is 0 Å². The lowest BCUT2D eigenvalue weighted by Gasteiger charge is -2.35. The van der Waals surface area contributed by atoms with Gasteiger partial charge in [0.1, 0.15) is 0 Å². The monoisotopic (exact) mass is 361 g/mol. The number of anilines is 2. The average molecular weight is 361 g/mol. The van der Waals surface area contributed by atoms with Gasteiger partial charge in [-0.25, -0.2) is 4.79 Å². The Kier molecular flexibility index (Phi) is 4.91. The van der Waals surface area contributed by atoms with E-state index in [0.717, 1.165) is 5.69 Å². The van der Waals surface area contributed by atoms with Crippen molar-refractivity contribution in [3.05, 3.63) is 60.2 Å². The minimum Gasteiger partial charge on any atom is -0.478 e. The SMILES string of the molecule is O=C(O)c1ccccc1NS(=O)(=O)N1CCN(c2ccccc2)CC1. The van der Waals surface area contributed by atoms with Crippen LogP contribution < -0.4 is 9.62 Å². The van der Waals surface area contributed by atoms with Gasteiger partial charge in [0.15, 0.2) is 0 Å². The van der Waals surface area contributed by atoms with E-state index in [1.54, 1.807) is 12.1 Å². The lowest BCUT2D eigenvalue weighted by atomic mass is 10.2. The van der Waals surface area contributed by atoms with Gasteiger partial charge in [0, 0.05) is 31.9 Å². The van der Waals surface area contributed by atoms with E-state index in [9.17, 15) is 18.3 Å². The molecule has 2 aromatic carbocycles. The summed E-state index contributed by atoms with van der Waals surface area (Å²) in [5.74, 6) is -1.17. The molecule has 25 heavy (non-hydrogen) atoms. The highest BCUT2D eigenvalue weighted by Crippen LogP contribution is 2.20. The van der Waals surface area contributed by atoms with Gasteiger partial charge in [0.05, 0.1) is 11.3 Å². The number of hydrogen-bond acceptors (Lipinski definition) is 4. The molecule has 1 fully saturated rings. The predicted molar refractivity (Wildman–Crippen MR) is 96.2 cm³/mol. The summed E-state index contributed by atoms with van der Waals surface area (Å²) in [5.41, 5.74) is 1.05. The molecule has 0 saturated carbocycles. The Morgan fingerprint density at radius 1 is 0.920 bits per heavy atom. The minimum absolute atomic E-state index is 0.0699. The zero-order valence-corrected chi connectivity index (χ0v) is 14.3. The van der Waals surface area contributed by atoms with E-state index in [4.69, 9.17) is 0 Å². The van der Waals surface area contributed by atoms with Crippen molar-refractivity contribution in [1.82, 2.24) is 4.31 Å². The number of nitrogens with zero attached hydrogens (tertiary/aromatic N) is 2. The summed E-state index contributed by atoms with van der Waals surface area (Å²) in [5, 5.41) is 9.18. The second kappa shape index (κ2) is 7.12. The largest absolute Gasteiger partial charge is 0.478 e. The number of carbonyl (C=O) groups is 1. The molecule has 0 radical (unpaired) electrons. The molecule has 2 aromatic rings. The molecule has 0 atom stereocenters. The van der Waals surface area contributed by atoms with Crippen molar-refractivity contribution >= 4 is 27.6 Å². The van der Waals surface area contributed by atoms with Crippen LogP contribution in [-0.4, -0.2) is 50.0 Å². The fourth-order valence-electron chi connectivity index (χ4n) is 2.79. The first-order valence-corrected chi connectivity index (χ1v) is 9.31. The van der Waals surface area contributed by atoms with Gasteiger partial charge in [-0.05, 0) is 24.3 Å². The van der Waals surface area contributed by atoms with Gasteiger partial charge in [-0.2, -0.15) is 12.7 Å². The lowest BCUT2D eigenvalue weighted by Crippen LogP contribution is -2.50. The fourth-order valence-corrected chi connectivity index (χ4v) is 4.02. The minimum atomic E-state index is -3.80. The number of nitrogens with one attached hydrogen (secondary N) is 1. The number of carboxylic acids is 1. The number of hydrogen-bond donors (Lipinski definition) is 2. The molecule has 1 saturated heterocycles. The number of rotatable bonds is 5. The van der Waals surface area contributed by atoms with E-state index >= 15 is 0 Å². The van der Waals surface area contributed by atoms with Crippen molar-refractivity contribution < 1.29 is 18.3 Å². The molecule has 1 heterocycles. The molecule has 2 N–H and O–H groups in total. The van der Waals surface area contributed by atoms with Crippen molar-refractivity contribution in [2.75, 3.05) is 35.8 Å². The van der Waals surface area contributed by atoms with Crippen molar-refractivity contribution in [1.29, 1.82) is 0 Å². The van der Waals surface area contributed by atoms with E-state index in [1.165, 1.54) is 16.4 Å². The molecule has 0 amide bonds. The molecule has 0 spiro atoms. The Labute approximate surface area is 146 Å². The molecular formula is C17H19N3O4S. The van der Waals surface area contributed by atoms with E-state index in [1.807, 2.05) is 30.3 Å². The van der Waals surface area contributed by atoms with Gasteiger partial charge in [-0.3, -0.25) is 4.72 Å². The Balaban J connectivity index is 1.69. The summed E-state index contributed by atoms with van der Waals surface area (Å²) in [7, 11) is -3.80. The third kappa shape index (κ3) is 3.92. The highest BCUT2D eigenvalue weighted by atomic mass is 32.2. The summed E-state index contributed by atoms with van der Waals surface area (Å²) < 4.78 is 28.9. The summed E-state index contributed by atoms with van der Waals surface area (Å²) in [6.07, 6.45) is 0. The smallest absolute Gasteiger partial charge is 0.337 e. The van der Waals surface area contributed by atoms with Gasteiger partial charge in [-0.1, -0.05) is 30.3 Å². The van der Waals surface area contributed by atoms with Crippen LogP contribution in [0.3, 0.4) is 0 Å². The third-order valence-electron chi connectivity index (χ3n) is 4.10. The lowest BCUT2D eigenvalue weighted by molar-refractivity contribution is 0.0698. The fraction of sp³-hybridized carbons (Fsp3) is 0.235. The van der Waals surface area contributed by atoms with E-state index in [-0.39, 0.29) is 11.3 Å². The average Bonchev–Trinajstić information content (AvgIpc) is 2.62. The number of carboxylic acid groups (broad SMARTS) is 1.